The van der Waals surface area contributed by atoms with Crippen LogP contribution in [0.4, 0.5) is 0 Å². The van der Waals surface area contributed by atoms with Crippen molar-refractivity contribution < 1.29 is 9.63 Å². The van der Waals surface area contributed by atoms with E-state index in [0.29, 0.717) is 24.7 Å². The van der Waals surface area contributed by atoms with E-state index in [1.54, 1.807) is 11.3 Å². The van der Waals surface area contributed by atoms with Gasteiger partial charge >= 0.3 is 0 Å². The molecule has 0 amide bonds. The molecule has 0 bridgehead atoms. The van der Waals surface area contributed by atoms with Gasteiger partial charge in [-0.15, -0.1) is 0 Å². The summed E-state index contributed by atoms with van der Waals surface area (Å²) in [7, 11) is 0. The predicted octanol–water partition coefficient (Wildman–Crippen LogP) is 1.19. The minimum atomic E-state index is -0.318. The summed E-state index contributed by atoms with van der Waals surface area (Å²) in [6.07, 6.45) is 0.312. The van der Waals surface area contributed by atoms with Gasteiger partial charge in [0.1, 0.15) is 0 Å². The molecule has 1 fully saturated rings. The molecule has 3 heterocycles. The number of aliphatic hydroxyl groups is 1. The monoisotopic (exact) mass is 237 g/mol. The second-order valence-corrected chi connectivity index (χ2v) is 4.60. The van der Waals surface area contributed by atoms with Gasteiger partial charge in [0.2, 0.25) is 11.7 Å². The molecule has 0 aromatic carbocycles. The molecular formula is C10H11N3O2S. The number of hydrogen-bond donors (Lipinski definition) is 2. The molecule has 2 atom stereocenters. The average Bonchev–Trinajstić information content (AvgIpc) is 2.97. The fraction of sp³-hybridized carbons (Fsp3) is 0.400. The molecule has 0 unspecified atom stereocenters. The lowest BCUT2D eigenvalue weighted by Gasteiger charge is -2.01. The van der Waals surface area contributed by atoms with Gasteiger partial charge in [-0.2, -0.15) is 16.3 Å². The summed E-state index contributed by atoms with van der Waals surface area (Å²) in [5.41, 5.74) is 0.971. The number of aliphatic hydroxyl groups excluding tert-OH is 1. The molecule has 16 heavy (non-hydrogen) atoms. The van der Waals surface area contributed by atoms with Gasteiger partial charge in [0, 0.05) is 17.5 Å². The molecule has 6 heteroatoms. The zero-order chi connectivity index (χ0) is 11.0. The molecule has 1 aliphatic rings. The molecule has 0 saturated carbocycles. The number of nitrogens with zero attached hydrogens (tertiary/aromatic N) is 2. The Hall–Kier alpha value is -1.24. The van der Waals surface area contributed by atoms with Gasteiger partial charge in [-0.05, 0) is 17.9 Å². The van der Waals surface area contributed by atoms with Crippen molar-refractivity contribution in [2.24, 2.45) is 0 Å². The maximum Gasteiger partial charge on any atom is 0.244 e. The van der Waals surface area contributed by atoms with Crippen molar-refractivity contribution >= 4 is 11.3 Å². The third kappa shape index (κ3) is 1.75. The SMILES string of the molecule is O[C@@H]1CN[C@H](c2nc(-c3ccsc3)no2)C1. The lowest BCUT2D eigenvalue weighted by Crippen LogP contribution is -2.15. The summed E-state index contributed by atoms with van der Waals surface area (Å²) in [6, 6.07) is 1.94. The van der Waals surface area contributed by atoms with Crippen molar-refractivity contribution in [1.82, 2.24) is 15.5 Å². The van der Waals surface area contributed by atoms with E-state index in [0.717, 1.165) is 5.56 Å². The van der Waals surface area contributed by atoms with Crippen LogP contribution < -0.4 is 5.32 Å². The molecule has 3 rings (SSSR count). The Morgan fingerprint density at radius 3 is 3.19 bits per heavy atom. The Kier molecular flexibility index (Phi) is 2.47. The first-order valence-electron chi connectivity index (χ1n) is 5.10. The molecule has 2 aromatic heterocycles. The van der Waals surface area contributed by atoms with Gasteiger partial charge in [0.15, 0.2) is 0 Å². The summed E-state index contributed by atoms with van der Waals surface area (Å²) < 4.78 is 5.19. The fourth-order valence-corrected chi connectivity index (χ4v) is 2.43. The predicted molar refractivity (Wildman–Crippen MR) is 59.0 cm³/mol. The molecule has 0 aliphatic carbocycles. The van der Waals surface area contributed by atoms with Crippen LogP contribution in [0.25, 0.3) is 11.4 Å². The van der Waals surface area contributed by atoms with Crippen LogP contribution in [0.2, 0.25) is 0 Å². The van der Waals surface area contributed by atoms with E-state index in [4.69, 9.17) is 4.52 Å². The van der Waals surface area contributed by atoms with Crippen LogP contribution in [-0.2, 0) is 0 Å². The first-order valence-corrected chi connectivity index (χ1v) is 6.05. The molecule has 1 aliphatic heterocycles. The van der Waals surface area contributed by atoms with E-state index >= 15 is 0 Å². The van der Waals surface area contributed by atoms with Crippen molar-refractivity contribution in [3.8, 4) is 11.4 Å². The van der Waals surface area contributed by atoms with Crippen molar-refractivity contribution in [2.75, 3.05) is 6.54 Å². The largest absolute Gasteiger partial charge is 0.392 e. The van der Waals surface area contributed by atoms with Crippen LogP contribution in [0.15, 0.2) is 21.3 Å². The molecule has 0 radical (unpaired) electrons. The van der Waals surface area contributed by atoms with Crippen LogP contribution in [0.3, 0.4) is 0 Å². The van der Waals surface area contributed by atoms with Crippen molar-refractivity contribution in [2.45, 2.75) is 18.6 Å². The van der Waals surface area contributed by atoms with E-state index in [-0.39, 0.29) is 12.1 Å². The standard InChI is InChI=1S/C10H11N3O2S/c14-7-3-8(11-4-7)10-12-9(13-15-10)6-1-2-16-5-6/h1-2,5,7-8,11,14H,3-4H2/t7-,8-/m0/s1. The Morgan fingerprint density at radius 2 is 2.50 bits per heavy atom. The maximum atomic E-state index is 9.40. The smallest absolute Gasteiger partial charge is 0.244 e. The second kappa shape index (κ2) is 3.97. The number of rotatable bonds is 2. The number of hydrogen-bond acceptors (Lipinski definition) is 6. The number of nitrogens with one attached hydrogen (secondary N) is 1. The maximum absolute atomic E-state index is 9.40. The first kappa shape index (κ1) is 9.95. The van der Waals surface area contributed by atoms with E-state index in [1.165, 1.54) is 0 Å². The van der Waals surface area contributed by atoms with Gasteiger partial charge in [-0.3, -0.25) is 0 Å². The Labute approximate surface area is 96.1 Å². The van der Waals surface area contributed by atoms with Crippen LogP contribution in [0.1, 0.15) is 18.4 Å². The fourth-order valence-electron chi connectivity index (χ4n) is 1.79. The summed E-state index contributed by atoms with van der Waals surface area (Å²) >= 11 is 1.60. The highest BCUT2D eigenvalue weighted by molar-refractivity contribution is 7.08. The topological polar surface area (TPSA) is 71.2 Å². The van der Waals surface area contributed by atoms with E-state index in [2.05, 4.69) is 15.5 Å². The van der Waals surface area contributed by atoms with Gasteiger partial charge in [0.25, 0.3) is 0 Å². The Morgan fingerprint density at radius 1 is 1.56 bits per heavy atom. The average molecular weight is 237 g/mol. The van der Waals surface area contributed by atoms with Crippen molar-refractivity contribution in [1.29, 1.82) is 0 Å². The molecule has 2 N–H and O–H groups in total. The van der Waals surface area contributed by atoms with Gasteiger partial charge < -0.3 is 14.9 Å². The highest BCUT2D eigenvalue weighted by Gasteiger charge is 2.28. The molecule has 2 aromatic rings. The van der Waals surface area contributed by atoms with E-state index in [1.807, 2.05) is 16.8 Å². The summed E-state index contributed by atoms with van der Waals surface area (Å²) in [4.78, 5) is 4.32. The quantitative estimate of drug-likeness (QED) is 0.821. The first-order chi connectivity index (χ1) is 7.83. The molecule has 5 nitrogen and oxygen atoms in total. The minimum Gasteiger partial charge on any atom is -0.392 e. The zero-order valence-corrected chi connectivity index (χ0v) is 9.28. The molecule has 1 saturated heterocycles. The highest BCUT2D eigenvalue weighted by atomic mass is 32.1. The molecule has 84 valence electrons. The highest BCUT2D eigenvalue weighted by Crippen LogP contribution is 2.25. The van der Waals surface area contributed by atoms with Crippen LogP contribution in [-0.4, -0.2) is 27.9 Å². The molecular weight excluding hydrogens is 226 g/mol. The third-order valence-electron chi connectivity index (χ3n) is 2.63. The lowest BCUT2D eigenvalue weighted by molar-refractivity contribution is 0.191. The third-order valence-corrected chi connectivity index (χ3v) is 3.31. The molecule has 0 spiro atoms. The van der Waals surface area contributed by atoms with E-state index < -0.39 is 0 Å². The van der Waals surface area contributed by atoms with Gasteiger partial charge in [0.05, 0.1) is 12.1 Å². The minimum absolute atomic E-state index is 0.0186. The zero-order valence-electron chi connectivity index (χ0n) is 8.46. The van der Waals surface area contributed by atoms with E-state index in [9.17, 15) is 5.11 Å². The summed E-state index contributed by atoms with van der Waals surface area (Å²) in [6.45, 7) is 0.584. The van der Waals surface area contributed by atoms with Crippen LogP contribution in [0.5, 0.6) is 0 Å². The Balaban J connectivity index is 1.83. The summed E-state index contributed by atoms with van der Waals surface area (Å²) in [5, 5.41) is 20.4. The van der Waals surface area contributed by atoms with Crippen LogP contribution in [0, 0.1) is 0 Å². The van der Waals surface area contributed by atoms with Crippen molar-refractivity contribution in [3.05, 3.63) is 22.7 Å². The van der Waals surface area contributed by atoms with Gasteiger partial charge in [-0.1, -0.05) is 5.16 Å². The number of thiophene rings is 1. The van der Waals surface area contributed by atoms with Gasteiger partial charge in [-0.25, -0.2) is 0 Å². The number of β-amino-alcohol motifs (C(OH)–C–C–N with tert-alkyl or cyclic N) is 1. The summed E-state index contributed by atoms with van der Waals surface area (Å²) in [5.74, 6) is 1.16. The van der Waals surface area contributed by atoms with Crippen LogP contribution >= 0.6 is 11.3 Å². The Bertz CT molecular complexity index is 468. The van der Waals surface area contributed by atoms with Crippen molar-refractivity contribution in [3.63, 3.8) is 0 Å². The normalized spacial score (nSPS) is 25.1. The second-order valence-electron chi connectivity index (χ2n) is 3.82. The number of aromatic nitrogens is 2. The lowest BCUT2D eigenvalue weighted by atomic mass is 10.2.